The summed E-state index contributed by atoms with van der Waals surface area (Å²) in [7, 11) is 0. The topological polar surface area (TPSA) is 56.2 Å². The lowest BCUT2D eigenvalue weighted by atomic mass is 9.94. The number of imidazole rings is 1. The predicted octanol–water partition coefficient (Wildman–Crippen LogP) is 2.28. The quantitative estimate of drug-likeness (QED) is 0.942. The molecule has 1 fully saturated rings. The first-order chi connectivity index (χ1) is 10.7. The molecule has 0 saturated carbocycles. The molecular formula is C17H23N3O2. The minimum atomic E-state index is -0.0191. The van der Waals surface area contributed by atoms with Gasteiger partial charge < -0.3 is 14.6 Å². The molecule has 1 aliphatic heterocycles. The molecule has 1 aliphatic rings. The third-order valence-electron chi connectivity index (χ3n) is 4.42. The van der Waals surface area contributed by atoms with Gasteiger partial charge >= 0.3 is 0 Å². The first kappa shape index (κ1) is 15.0. The van der Waals surface area contributed by atoms with Crippen molar-refractivity contribution < 1.29 is 9.53 Å². The molecule has 1 aromatic heterocycles. The zero-order valence-corrected chi connectivity index (χ0v) is 13.2. The fourth-order valence-electron chi connectivity index (χ4n) is 3.17. The smallest absolute Gasteiger partial charge is 0.225 e. The Morgan fingerprint density at radius 1 is 1.45 bits per heavy atom. The maximum Gasteiger partial charge on any atom is 0.225 e. The summed E-state index contributed by atoms with van der Waals surface area (Å²) in [6.45, 7) is 6.10. The highest BCUT2D eigenvalue weighted by molar-refractivity contribution is 5.79. The molecule has 0 aliphatic carbocycles. The van der Waals surface area contributed by atoms with Crippen LogP contribution in [0.5, 0.6) is 0 Å². The van der Waals surface area contributed by atoms with Crippen LogP contribution in [0.4, 0.5) is 0 Å². The number of ether oxygens (including phenoxy) is 1. The Kier molecular flexibility index (Phi) is 4.43. The molecule has 0 radical (unpaired) electrons. The van der Waals surface area contributed by atoms with Crippen molar-refractivity contribution in [2.75, 3.05) is 13.2 Å². The highest BCUT2D eigenvalue weighted by atomic mass is 16.5. The molecule has 0 unspecified atom stereocenters. The van der Waals surface area contributed by atoms with Crippen LogP contribution in [-0.2, 0) is 16.1 Å². The predicted molar refractivity (Wildman–Crippen MR) is 85.6 cm³/mol. The van der Waals surface area contributed by atoms with Crippen molar-refractivity contribution in [1.29, 1.82) is 0 Å². The molecule has 2 aromatic rings. The molecule has 0 spiro atoms. The number of benzene rings is 1. The Balaban J connectivity index is 1.60. The fourth-order valence-corrected chi connectivity index (χ4v) is 3.17. The van der Waals surface area contributed by atoms with Gasteiger partial charge in [-0.2, -0.15) is 0 Å². The molecule has 0 bridgehead atoms. The summed E-state index contributed by atoms with van der Waals surface area (Å²) in [4.78, 5) is 16.8. The number of carbonyl (C=O) groups is 1. The Labute approximate surface area is 130 Å². The standard InChI is InChI=1S/C17H23N3O2/c1-12-14(6-5-11-22-12)17(21)18-9-10-20-13(2)19-15-7-3-4-8-16(15)20/h3-4,7-8,12,14H,5-6,9-11H2,1-2H3,(H,18,21)/t12-,14-/m0/s1. The van der Waals surface area contributed by atoms with Crippen LogP contribution in [-0.4, -0.2) is 34.7 Å². The van der Waals surface area contributed by atoms with Gasteiger partial charge in [0.05, 0.1) is 23.1 Å². The summed E-state index contributed by atoms with van der Waals surface area (Å²) in [5.74, 6) is 1.06. The van der Waals surface area contributed by atoms with E-state index in [1.807, 2.05) is 32.0 Å². The summed E-state index contributed by atoms with van der Waals surface area (Å²) in [6.07, 6.45) is 1.90. The van der Waals surface area contributed by atoms with Crippen molar-refractivity contribution in [3.05, 3.63) is 30.1 Å². The zero-order valence-electron chi connectivity index (χ0n) is 13.2. The van der Waals surface area contributed by atoms with E-state index < -0.39 is 0 Å². The van der Waals surface area contributed by atoms with Gasteiger partial charge in [0, 0.05) is 19.7 Å². The number of para-hydroxylation sites is 2. The van der Waals surface area contributed by atoms with E-state index in [4.69, 9.17) is 4.74 Å². The molecule has 2 atom stereocenters. The number of nitrogens with one attached hydrogen (secondary N) is 1. The van der Waals surface area contributed by atoms with Gasteiger partial charge in [-0.05, 0) is 38.8 Å². The van der Waals surface area contributed by atoms with Crippen LogP contribution >= 0.6 is 0 Å². The molecule has 1 amide bonds. The van der Waals surface area contributed by atoms with Crippen LogP contribution in [0.25, 0.3) is 11.0 Å². The van der Waals surface area contributed by atoms with Crippen molar-refractivity contribution >= 4 is 16.9 Å². The first-order valence-electron chi connectivity index (χ1n) is 7.98. The number of rotatable bonds is 4. The van der Waals surface area contributed by atoms with Crippen molar-refractivity contribution in [2.24, 2.45) is 5.92 Å². The number of carbonyl (C=O) groups excluding carboxylic acids is 1. The molecule has 1 aromatic carbocycles. The maximum atomic E-state index is 12.3. The van der Waals surface area contributed by atoms with E-state index in [2.05, 4.69) is 20.9 Å². The summed E-state index contributed by atoms with van der Waals surface area (Å²) in [6, 6.07) is 8.08. The highest BCUT2D eigenvalue weighted by Crippen LogP contribution is 2.20. The minimum absolute atomic E-state index is 0.0181. The normalized spacial score (nSPS) is 21.9. The largest absolute Gasteiger partial charge is 0.378 e. The monoisotopic (exact) mass is 301 g/mol. The summed E-state index contributed by atoms with van der Waals surface area (Å²) >= 11 is 0. The van der Waals surface area contributed by atoms with Gasteiger partial charge in [0.1, 0.15) is 5.82 Å². The number of aromatic nitrogens is 2. The van der Waals surface area contributed by atoms with E-state index in [-0.39, 0.29) is 17.9 Å². The van der Waals surface area contributed by atoms with Gasteiger partial charge in [-0.3, -0.25) is 4.79 Å². The van der Waals surface area contributed by atoms with Crippen LogP contribution in [0, 0.1) is 12.8 Å². The fraction of sp³-hybridized carbons (Fsp3) is 0.529. The number of aryl methyl sites for hydroxylation is 1. The molecule has 22 heavy (non-hydrogen) atoms. The molecule has 1 saturated heterocycles. The van der Waals surface area contributed by atoms with Gasteiger partial charge in [-0.15, -0.1) is 0 Å². The molecule has 5 nitrogen and oxygen atoms in total. The van der Waals surface area contributed by atoms with Crippen LogP contribution in [0.2, 0.25) is 0 Å². The van der Waals surface area contributed by atoms with E-state index >= 15 is 0 Å². The third-order valence-corrected chi connectivity index (χ3v) is 4.42. The number of hydrogen-bond donors (Lipinski definition) is 1. The van der Waals surface area contributed by atoms with E-state index in [9.17, 15) is 4.79 Å². The van der Waals surface area contributed by atoms with Gasteiger partial charge in [-0.1, -0.05) is 12.1 Å². The minimum Gasteiger partial charge on any atom is -0.378 e. The Hall–Kier alpha value is -1.88. The molecule has 2 heterocycles. The number of amides is 1. The summed E-state index contributed by atoms with van der Waals surface area (Å²) in [5, 5.41) is 3.05. The average Bonchev–Trinajstić information content (AvgIpc) is 2.83. The molecule has 1 N–H and O–H groups in total. The third kappa shape index (κ3) is 2.99. The Morgan fingerprint density at radius 2 is 2.27 bits per heavy atom. The zero-order chi connectivity index (χ0) is 15.5. The highest BCUT2D eigenvalue weighted by Gasteiger charge is 2.28. The lowest BCUT2D eigenvalue weighted by Crippen LogP contribution is -2.41. The van der Waals surface area contributed by atoms with Crippen LogP contribution in [0.3, 0.4) is 0 Å². The Bertz CT molecular complexity index is 665. The summed E-state index contributed by atoms with van der Waals surface area (Å²) in [5.41, 5.74) is 2.12. The lowest BCUT2D eigenvalue weighted by Gasteiger charge is -2.28. The van der Waals surface area contributed by atoms with E-state index in [0.717, 1.165) is 42.9 Å². The molecule has 118 valence electrons. The number of nitrogens with zero attached hydrogens (tertiary/aromatic N) is 2. The van der Waals surface area contributed by atoms with Crippen molar-refractivity contribution in [2.45, 2.75) is 39.3 Å². The average molecular weight is 301 g/mol. The maximum absolute atomic E-state index is 12.3. The first-order valence-corrected chi connectivity index (χ1v) is 7.98. The van der Waals surface area contributed by atoms with Gasteiger partial charge in [0.25, 0.3) is 0 Å². The van der Waals surface area contributed by atoms with Gasteiger partial charge in [0.15, 0.2) is 0 Å². The van der Waals surface area contributed by atoms with Crippen molar-refractivity contribution in [1.82, 2.24) is 14.9 Å². The lowest BCUT2D eigenvalue weighted by molar-refractivity contribution is -0.133. The summed E-state index contributed by atoms with van der Waals surface area (Å²) < 4.78 is 7.71. The molecule has 5 heteroatoms. The second kappa shape index (κ2) is 6.48. The van der Waals surface area contributed by atoms with Crippen LogP contribution in [0.1, 0.15) is 25.6 Å². The molecule has 3 rings (SSSR count). The van der Waals surface area contributed by atoms with E-state index in [1.165, 1.54) is 0 Å². The number of hydrogen-bond acceptors (Lipinski definition) is 3. The van der Waals surface area contributed by atoms with Crippen LogP contribution < -0.4 is 5.32 Å². The van der Waals surface area contributed by atoms with Gasteiger partial charge in [0.2, 0.25) is 5.91 Å². The van der Waals surface area contributed by atoms with E-state index in [1.54, 1.807) is 0 Å². The second-order valence-corrected chi connectivity index (χ2v) is 5.92. The SMILES string of the molecule is Cc1nc2ccccc2n1CCNC(=O)[C@H]1CCCO[C@H]1C. The second-order valence-electron chi connectivity index (χ2n) is 5.92. The van der Waals surface area contributed by atoms with Crippen molar-refractivity contribution in [3.63, 3.8) is 0 Å². The van der Waals surface area contributed by atoms with Crippen LogP contribution in [0.15, 0.2) is 24.3 Å². The Morgan fingerprint density at radius 3 is 3.09 bits per heavy atom. The number of fused-ring (bicyclic) bond motifs is 1. The van der Waals surface area contributed by atoms with Crippen molar-refractivity contribution in [3.8, 4) is 0 Å². The molecular weight excluding hydrogens is 278 g/mol. The van der Waals surface area contributed by atoms with Gasteiger partial charge in [-0.25, -0.2) is 4.98 Å². The van der Waals surface area contributed by atoms with E-state index in [0.29, 0.717) is 6.54 Å².